The molecule has 0 bridgehead atoms. The van der Waals surface area contributed by atoms with Gasteiger partial charge in [-0.05, 0) is 31.7 Å². The molecule has 2 aromatic rings. The highest BCUT2D eigenvalue weighted by atomic mass is 16.2. The summed E-state index contributed by atoms with van der Waals surface area (Å²) in [6, 6.07) is 2.03. The van der Waals surface area contributed by atoms with Crippen LogP contribution in [0.3, 0.4) is 0 Å². The van der Waals surface area contributed by atoms with Crippen molar-refractivity contribution < 1.29 is 6.22 Å². The number of nitrogens with zero attached hydrogens (tertiary/aromatic N) is 4. The minimum atomic E-state index is -0.00232. The largest absolute Gasteiger partial charge is 0.354 e. The second-order valence-corrected chi connectivity index (χ2v) is 6.46. The normalized spacial score (nSPS) is 25.3. The smallest absolute Gasteiger partial charge is 0.219 e. The lowest BCUT2D eigenvalue weighted by Gasteiger charge is -2.44. The average Bonchev–Trinajstić information content (AvgIpc) is 3.14. The van der Waals surface area contributed by atoms with Crippen LogP contribution in [-0.4, -0.2) is 50.9 Å². The number of H-pyrrole nitrogens is 1. The van der Waals surface area contributed by atoms with E-state index in [0.29, 0.717) is 0 Å². The number of aromatic amines is 1. The molecule has 6 nitrogen and oxygen atoms in total. The van der Waals surface area contributed by atoms with Crippen LogP contribution in [0.4, 0.5) is 5.82 Å². The van der Waals surface area contributed by atoms with Crippen LogP contribution in [0.25, 0.3) is 11.0 Å². The van der Waals surface area contributed by atoms with Gasteiger partial charge >= 0.3 is 0 Å². The summed E-state index contributed by atoms with van der Waals surface area (Å²) >= 11 is 0. The first-order valence-corrected chi connectivity index (χ1v) is 8.01. The van der Waals surface area contributed by atoms with Gasteiger partial charge in [0, 0.05) is 34.2 Å². The predicted octanol–water partition coefficient (Wildman–Crippen LogP) is 2.19. The van der Waals surface area contributed by atoms with Crippen LogP contribution in [0.5, 0.6) is 0 Å². The van der Waals surface area contributed by atoms with E-state index in [2.05, 4.69) is 24.8 Å². The van der Waals surface area contributed by atoms with Gasteiger partial charge in [0.25, 0.3) is 0 Å². The van der Waals surface area contributed by atoms with Gasteiger partial charge in [0.05, 0.1) is 10.9 Å². The van der Waals surface area contributed by atoms with E-state index in [4.69, 9.17) is 0 Å². The van der Waals surface area contributed by atoms with Crippen molar-refractivity contribution >= 4 is 22.8 Å². The molecule has 118 valence electrons. The first-order valence-electron chi connectivity index (χ1n) is 8.01. The van der Waals surface area contributed by atoms with Gasteiger partial charge in [-0.25, -0.2) is 9.97 Å². The third-order valence-corrected chi connectivity index (χ3v) is 5.19. The van der Waals surface area contributed by atoms with Crippen molar-refractivity contribution in [1.29, 1.82) is 0 Å². The molecule has 4 heterocycles. The number of fused-ring (bicyclic) bond motifs is 1. The van der Waals surface area contributed by atoms with Crippen molar-refractivity contribution in [3.63, 3.8) is 0 Å². The van der Waals surface area contributed by atoms with Crippen LogP contribution in [0, 0.1) is 0 Å². The number of nitrogens with one attached hydrogen (secondary N) is 1. The summed E-state index contributed by atoms with van der Waals surface area (Å²) in [5.74, 6) is 1.19. The van der Waals surface area contributed by atoms with Gasteiger partial charge in [-0.15, -0.1) is 0 Å². The highest BCUT2D eigenvalue weighted by Gasteiger charge is 2.46. The fourth-order valence-corrected chi connectivity index (χ4v) is 4.16. The van der Waals surface area contributed by atoms with Crippen LogP contribution >= 0.6 is 0 Å². The summed E-state index contributed by atoms with van der Waals surface area (Å²) in [5, 5.41) is 1.06. The summed E-state index contributed by atoms with van der Waals surface area (Å²) in [6.07, 6.45) is 7.98. The molecule has 2 aromatic heterocycles. The zero-order valence-electron chi connectivity index (χ0n) is 12.9. The topological polar surface area (TPSA) is 65.1 Å². The minimum Gasteiger partial charge on any atom is -0.354 e. The monoisotopic (exact) mass is 301 g/mol. The fraction of sp³-hybridized carbons (Fsp3) is 0.562. The van der Waals surface area contributed by atoms with E-state index in [0.717, 1.165) is 55.7 Å². The van der Waals surface area contributed by atoms with Crippen LogP contribution in [-0.2, 0) is 4.79 Å². The van der Waals surface area contributed by atoms with Crippen molar-refractivity contribution in [3.05, 3.63) is 18.6 Å². The van der Waals surface area contributed by atoms with Crippen molar-refractivity contribution in [2.24, 2.45) is 0 Å². The van der Waals surface area contributed by atoms with E-state index in [1.807, 2.05) is 12.3 Å². The maximum Gasteiger partial charge on any atom is 0.219 e. The van der Waals surface area contributed by atoms with Gasteiger partial charge in [-0.1, -0.05) is 0 Å². The molecule has 0 aliphatic carbocycles. The van der Waals surface area contributed by atoms with Crippen molar-refractivity contribution in [2.75, 3.05) is 24.5 Å². The Hall–Kier alpha value is -2.11. The van der Waals surface area contributed by atoms with Crippen LogP contribution in [0.2, 0.25) is 0 Å². The Morgan fingerprint density at radius 3 is 3.09 bits per heavy atom. The quantitative estimate of drug-likeness (QED) is 0.877. The summed E-state index contributed by atoms with van der Waals surface area (Å²) in [4.78, 5) is 28.4. The fourth-order valence-electron chi connectivity index (χ4n) is 4.16. The summed E-state index contributed by atoms with van der Waals surface area (Å²) < 4.78 is 0. The van der Waals surface area contributed by atoms with Gasteiger partial charge in [0.2, 0.25) is 5.91 Å². The number of anilines is 1. The highest BCUT2D eigenvalue weighted by Crippen LogP contribution is 2.39. The summed E-state index contributed by atoms with van der Waals surface area (Å²) in [5.41, 5.74) is 0.871. The first-order chi connectivity index (χ1) is 10.7. The van der Waals surface area contributed by atoms with Gasteiger partial charge in [0.15, 0.2) is 0 Å². The number of aromatic nitrogens is 3. The standard InChI is InChI=1S/C16H21N5O.H2/c1-12(22)21-8-3-2-5-16(21)6-9-20(10-16)15-13-4-7-17-14(13)18-11-19-15;/h4,7,11H,2-3,5-6,8-10H2,1H3,(H,17,18,19);1H. The molecule has 2 fully saturated rings. The predicted molar refractivity (Wildman–Crippen MR) is 86.8 cm³/mol. The molecule has 2 saturated heterocycles. The molecule has 1 spiro atoms. The Morgan fingerprint density at radius 2 is 2.23 bits per heavy atom. The lowest BCUT2D eigenvalue weighted by molar-refractivity contribution is -0.136. The maximum atomic E-state index is 12.1. The highest BCUT2D eigenvalue weighted by molar-refractivity contribution is 5.87. The molecule has 22 heavy (non-hydrogen) atoms. The molecule has 0 aromatic carbocycles. The Labute approximate surface area is 131 Å². The van der Waals surface area contributed by atoms with Crippen LogP contribution < -0.4 is 4.90 Å². The van der Waals surface area contributed by atoms with Gasteiger partial charge in [-0.2, -0.15) is 0 Å². The lowest BCUT2D eigenvalue weighted by atomic mass is 9.85. The zero-order valence-corrected chi connectivity index (χ0v) is 12.9. The van der Waals surface area contributed by atoms with Gasteiger partial charge < -0.3 is 14.8 Å². The molecular formula is C16H23N5O. The van der Waals surface area contributed by atoms with Crippen molar-refractivity contribution in [3.8, 4) is 0 Å². The third-order valence-electron chi connectivity index (χ3n) is 5.19. The van der Waals surface area contributed by atoms with E-state index in [9.17, 15) is 4.79 Å². The minimum absolute atomic E-state index is 0. The number of rotatable bonds is 1. The Morgan fingerprint density at radius 1 is 1.32 bits per heavy atom. The molecule has 1 N–H and O–H groups in total. The Balaban J connectivity index is 0.00000156. The summed E-state index contributed by atoms with van der Waals surface area (Å²) in [7, 11) is 0. The molecular weight excluding hydrogens is 278 g/mol. The number of amides is 1. The number of carbonyl (C=O) groups excluding carboxylic acids is 1. The number of piperidine rings is 1. The number of likely N-dealkylation sites (tertiary alicyclic amines) is 1. The molecule has 2 aliphatic heterocycles. The third kappa shape index (κ3) is 1.97. The van der Waals surface area contributed by atoms with E-state index in [1.54, 1.807) is 13.3 Å². The average molecular weight is 301 g/mol. The summed E-state index contributed by atoms with van der Waals surface area (Å²) in [6.45, 7) is 4.42. The van der Waals surface area contributed by atoms with E-state index in [-0.39, 0.29) is 12.9 Å². The molecule has 6 heteroatoms. The molecule has 1 amide bonds. The number of hydrogen-bond acceptors (Lipinski definition) is 4. The Bertz CT molecular complexity index is 717. The molecule has 0 radical (unpaired) electrons. The van der Waals surface area contributed by atoms with E-state index in [1.165, 1.54) is 6.42 Å². The molecule has 1 unspecified atom stereocenters. The maximum absolute atomic E-state index is 12.1. The molecule has 0 saturated carbocycles. The van der Waals surface area contributed by atoms with Crippen LogP contribution in [0.1, 0.15) is 34.0 Å². The first kappa shape index (κ1) is 13.5. The van der Waals surface area contributed by atoms with E-state index >= 15 is 0 Å². The number of carbonyl (C=O) groups is 1. The van der Waals surface area contributed by atoms with Crippen molar-refractivity contribution in [1.82, 2.24) is 19.9 Å². The SMILES string of the molecule is CC(=O)N1CCCCC12CCN(c1ncnc3[nH]ccc13)C2.[HH]. The Kier molecular flexibility index (Phi) is 3.06. The van der Waals surface area contributed by atoms with Crippen LogP contribution in [0.15, 0.2) is 18.6 Å². The second kappa shape index (κ2) is 4.97. The second-order valence-electron chi connectivity index (χ2n) is 6.46. The van der Waals surface area contributed by atoms with Gasteiger partial charge in [-0.3, -0.25) is 4.79 Å². The zero-order chi connectivity index (χ0) is 15.2. The van der Waals surface area contributed by atoms with E-state index < -0.39 is 0 Å². The molecule has 4 rings (SSSR count). The molecule has 2 aliphatic rings. The van der Waals surface area contributed by atoms with Crippen molar-refractivity contribution in [2.45, 2.75) is 38.1 Å². The van der Waals surface area contributed by atoms with Gasteiger partial charge in [0.1, 0.15) is 17.8 Å². The molecule has 1 atom stereocenters. The lowest BCUT2D eigenvalue weighted by Crippen LogP contribution is -2.55. The number of hydrogen-bond donors (Lipinski definition) is 1.